The second-order valence-corrected chi connectivity index (χ2v) is 6.94. The van der Waals surface area contributed by atoms with E-state index in [0.717, 1.165) is 29.7 Å². The number of carbonyl (C=O) groups is 2. The summed E-state index contributed by atoms with van der Waals surface area (Å²) in [5, 5.41) is 2.81. The minimum atomic E-state index is -0.366. The molecule has 2 unspecified atom stereocenters. The van der Waals surface area contributed by atoms with Crippen LogP contribution in [0.15, 0.2) is 54.6 Å². The first-order valence-corrected chi connectivity index (χ1v) is 9.38. The molecule has 3 rings (SSSR count). The lowest BCUT2D eigenvalue weighted by molar-refractivity contribution is -0.144. The van der Waals surface area contributed by atoms with Gasteiger partial charge in [0.25, 0.3) is 5.91 Å². The molecule has 5 heteroatoms. The van der Waals surface area contributed by atoms with Crippen molar-refractivity contribution in [3.05, 3.63) is 65.7 Å². The molecule has 0 radical (unpaired) electrons. The van der Waals surface area contributed by atoms with Crippen LogP contribution < -0.4 is 5.32 Å². The minimum Gasteiger partial charge on any atom is -0.368 e. The van der Waals surface area contributed by atoms with E-state index in [1.807, 2.05) is 66.4 Å². The van der Waals surface area contributed by atoms with Gasteiger partial charge in [-0.3, -0.25) is 9.59 Å². The molecule has 5 nitrogen and oxygen atoms in total. The highest BCUT2D eigenvalue weighted by molar-refractivity contribution is 5.88. The van der Waals surface area contributed by atoms with E-state index in [1.54, 1.807) is 0 Å². The number of nitrogens with one attached hydrogen (secondary N) is 1. The quantitative estimate of drug-likeness (QED) is 0.843. The molecule has 2 atom stereocenters. The average molecular weight is 366 g/mol. The van der Waals surface area contributed by atoms with E-state index in [4.69, 9.17) is 4.74 Å². The summed E-state index contributed by atoms with van der Waals surface area (Å²) >= 11 is 0. The second kappa shape index (κ2) is 8.82. The Morgan fingerprint density at radius 1 is 1.19 bits per heavy atom. The van der Waals surface area contributed by atoms with Crippen LogP contribution in [0.1, 0.15) is 43.9 Å². The molecule has 1 N–H and O–H groups in total. The van der Waals surface area contributed by atoms with E-state index >= 15 is 0 Å². The normalized spacial score (nSPS) is 17.3. The molecule has 1 aliphatic rings. The Labute approximate surface area is 160 Å². The summed E-state index contributed by atoms with van der Waals surface area (Å²) in [6, 6.07) is 17.5. The zero-order chi connectivity index (χ0) is 19.2. The van der Waals surface area contributed by atoms with Crippen LogP contribution in [0.25, 0.3) is 0 Å². The Balaban J connectivity index is 1.86. The van der Waals surface area contributed by atoms with Gasteiger partial charge in [-0.25, -0.2) is 0 Å². The predicted octanol–water partition coefficient (Wildman–Crippen LogP) is 3.91. The Hall–Kier alpha value is -2.66. The lowest BCUT2D eigenvalue weighted by atomic mass is 10.0. The van der Waals surface area contributed by atoms with Crippen LogP contribution >= 0.6 is 0 Å². The van der Waals surface area contributed by atoms with Gasteiger partial charge in [0.05, 0.1) is 6.04 Å². The van der Waals surface area contributed by atoms with Crippen molar-refractivity contribution in [3.8, 4) is 0 Å². The van der Waals surface area contributed by atoms with Gasteiger partial charge in [-0.15, -0.1) is 0 Å². The number of rotatable bonds is 6. The highest BCUT2D eigenvalue weighted by Gasteiger charge is 2.31. The third-order valence-corrected chi connectivity index (χ3v) is 4.84. The molecule has 0 aliphatic carbocycles. The summed E-state index contributed by atoms with van der Waals surface area (Å²) in [4.78, 5) is 26.4. The highest BCUT2D eigenvalue weighted by Crippen LogP contribution is 2.27. The molecule has 0 saturated carbocycles. The fourth-order valence-electron chi connectivity index (χ4n) is 3.40. The van der Waals surface area contributed by atoms with Gasteiger partial charge in [-0.05, 0) is 43.0 Å². The van der Waals surface area contributed by atoms with Gasteiger partial charge in [0.15, 0.2) is 0 Å². The molecule has 2 aromatic carbocycles. The van der Waals surface area contributed by atoms with Crippen molar-refractivity contribution in [3.63, 3.8) is 0 Å². The number of nitrogens with zero attached hydrogens (tertiary/aromatic N) is 1. The third-order valence-electron chi connectivity index (χ3n) is 4.84. The Morgan fingerprint density at radius 2 is 1.96 bits per heavy atom. The molecule has 1 fully saturated rings. The molecular weight excluding hydrogens is 340 g/mol. The SMILES string of the molecule is CC(=O)Nc1cccc(C(C)N(Cc2ccccc2)C(=O)C2CCCO2)c1. The number of amides is 2. The van der Waals surface area contributed by atoms with Crippen molar-refractivity contribution in [2.75, 3.05) is 11.9 Å². The Bertz CT molecular complexity index is 785. The van der Waals surface area contributed by atoms with Gasteiger partial charge >= 0.3 is 0 Å². The molecular formula is C22H26N2O3. The van der Waals surface area contributed by atoms with Crippen LogP contribution in [0.2, 0.25) is 0 Å². The number of anilines is 1. The number of carbonyl (C=O) groups excluding carboxylic acids is 2. The summed E-state index contributed by atoms with van der Waals surface area (Å²) in [5.41, 5.74) is 2.79. The standard InChI is InChI=1S/C22H26N2O3/c1-16(19-10-6-11-20(14-19)23-17(2)25)24(15-18-8-4-3-5-9-18)22(26)21-12-7-13-27-21/h3-6,8-11,14,16,21H,7,12-13,15H2,1-2H3,(H,23,25). The van der Waals surface area contributed by atoms with Crippen LogP contribution in [-0.2, 0) is 20.9 Å². The molecule has 1 aliphatic heterocycles. The van der Waals surface area contributed by atoms with Crippen LogP contribution in [0, 0.1) is 0 Å². The highest BCUT2D eigenvalue weighted by atomic mass is 16.5. The first-order valence-electron chi connectivity index (χ1n) is 9.38. The predicted molar refractivity (Wildman–Crippen MR) is 105 cm³/mol. The molecule has 0 spiro atoms. The van der Waals surface area contributed by atoms with Gasteiger partial charge < -0.3 is 15.0 Å². The van der Waals surface area contributed by atoms with Crippen molar-refractivity contribution in [1.29, 1.82) is 0 Å². The molecule has 1 heterocycles. The van der Waals surface area contributed by atoms with Crippen molar-refractivity contribution in [2.24, 2.45) is 0 Å². The maximum atomic E-state index is 13.2. The molecule has 0 bridgehead atoms. The lowest BCUT2D eigenvalue weighted by Gasteiger charge is -2.32. The van der Waals surface area contributed by atoms with Crippen molar-refractivity contribution in [1.82, 2.24) is 4.90 Å². The number of hydrogen-bond acceptors (Lipinski definition) is 3. The van der Waals surface area contributed by atoms with Gasteiger partial charge in [0, 0.05) is 25.8 Å². The lowest BCUT2D eigenvalue weighted by Crippen LogP contribution is -2.40. The van der Waals surface area contributed by atoms with Crippen LogP contribution in [0.3, 0.4) is 0 Å². The van der Waals surface area contributed by atoms with Crippen LogP contribution in [-0.4, -0.2) is 29.4 Å². The van der Waals surface area contributed by atoms with Crippen molar-refractivity contribution in [2.45, 2.75) is 45.4 Å². The topological polar surface area (TPSA) is 58.6 Å². The largest absolute Gasteiger partial charge is 0.368 e. The zero-order valence-electron chi connectivity index (χ0n) is 15.9. The molecule has 2 aromatic rings. The van der Waals surface area contributed by atoms with E-state index in [9.17, 15) is 9.59 Å². The number of ether oxygens (including phenoxy) is 1. The summed E-state index contributed by atoms with van der Waals surface area (Å²) < 4.78 is 5.65. The van der Waals surface area contributed by atoms with E-state index in [1.165, 1.54) is 6.92 Å². The zero-order valence-corrected chi connectivity index (χ0v) is 15.9. The van der Waals surface area contributed by atoms with E-state index in [0.29, 0.717) is 13.2 Å². The van der Waals surface area contributed by atoms with Crippen LogP contribution in [0.4, 0.5) is 5.69 Å². The first kappa shape index (κ1) is 19.1. The van der Waals surface area contributed by atoms with Crippen molar-refractivity contribution < 1.29 is 14.3 Å². The molecule has 2 amide bonds. The average Bonchev–Trinajstić information content (AvgIpc) is 3.20. The van der Waals surface area contributed by atoms with E-state index < -0.39 is 0 Å². The Morgan fingerprint density at radius 3 is 2.63 bits per heavy atom. The molecule has 142 valence electrons. The third kappa shape index (κ3) is 4.95. The first-order chi connectivity index (χ1) is 13.0. The number of hydrogen-bond donors (Lipinski definition) is 1. The van der Waals surface area contributed by atoms with E-state index in [-0.39, 0.29) is 24.0 Å². The monoisotopic (exact) mass is 366 g/mol. The van der Waals surface area contributed by atoms with Gasteiger partial charge in [-0.2, -0.15) is 0 Å². The van der Waals surface area contributed by atoms with Crippen LogP contribution in [0.5, 0.6) is 0 Å². The van der Waals surface area contributed by atoms with E-state index in [2.05, 4.69) is 5.32 Å². The summed E-state index contributed by atoms with van der Waals surface area (Å²) in [5.74, 6) is -0.0924. The minimum absolute atomic E-state index is 0.0220. The van der Waals surface area contributed by atoms with Crippen molar-refractivity contribution >= 4 is 17.5 Å². The maximum Gasteiger partial charge on any atom is 0.252 e. The fraction of sp³-hybridized carbons (Fsp3) is 0.364. The smallest absolute Gasteiger partial charge is 0.252 e. The summed E-state index contributed by atoms with van der Waals surface area (Å²) in [6.45, 7) is 4.66. The number of benzene rings is 2. The summed E-state index contributed by atoms with van der Waals surface area (Å²) in [7, 11) is 0. The second-order valence-electron chi connectivity index (χ2n) is 6.94. The molecule has 27 heavy (non-hydrogen) atoms. The molecule has 0 aromatic heterocycles. The van der Waals surface area contributed by atoms with Gasteiger partial charge in [-0.1, -0.05) is 42.5 Å². The fourth-order valence-corrected chi connectivity index (χ4v) is 3.40. The van der Waals surface area contributed by atoms with Gasteiger partial charge in [0.1, 0.15) is 6.10 Å². The van der Waals surface area contributed by atoms with Gasteiger partial charge in [0.2, 0.25) is 5.91 Å². The molecule has 1 saturated heterocycles. The summed E-state index contributed by atoms with van der Waals surface area (Å²) in [6.07, 6.45) is 1.32. The Kier molecular flexibility index (Phi) is 6.24. The maximum absolute atomic E-state index is 13.2.